The molecule has 11 nitrogen and oxygen atoms in total. The van der Waals surface area contributed by atoms with E-state index in [0.29, 0.717) is 41.5 Å². The van der Waals surface area contributed by atoms with E-state index in [1.807, 2.05) is 18.2 Å². The summed E-state index contributed by atoms with van der Waals surface area (Å²) in [6.07, 6.45) is 10.3. The van der Waals surface area contributed by atoms with Crippen molar-refractivity contribution in [1.82, 2.24) is 29.6 Å². The van der Waals surface area contributed by atoms with Gasteiger partial charge < -0.3 is 19.4 Å². The van der Waals surface area contributed by atoms with Crippen LogP contribution in [0.2, 0.25) is 5.02 Å². The molecule has 3 amide bonds. The van der Waals surface area contributed by atoms with Crippen LogP contribution in [0, 0.1) is 11.8 Å². The lowest BCUT2D eigenvalue weighted by Crippen LogP contribution is -2.52. The van der Waals surface area contributed by atoms with Gasteiger partial charge in [-0.2, -0.15) is 4.98 Å². The summed E-state index contributed by atoms with van der Waals surface area (Å²) in [6, 6.07) is 16.1. The molecule has 1 aliphatic carbocycles. The number of fused-ring (bicyclic) bond motifs is 9. The van der Waals surface area contributed by atoms with Crippen LogP contribution in [0.1, 0.15) is 122 Å². The van der Waals surface area contributed by atoms with E-state index in [1.165, 1.54) is 55.5 Å². The molecule has 7 heterocycles. The van der Waals surface area contributed by atoms with Gasteiger partial charge in [0.1, 0.15) is 17.6 Å². The van der Waals surface area contributed by atoms with Gasteiger partial charge in [0, 0.05) is 41.6 Å². The van der Waals surface area contributed by atoms with Crippen LogP contribution >= 0.6 is 11.6 Å². The quantitative estimate of drug-likeness (QED) is 0.210. The number of imide groups is 1. The summed E-state index contributed by atoms with van der Waals surface area (Å²) in [4.78, 5) is 62.5. The van der Waals surface area contributed by atoms with Gasteiger partial charge in [0.25, 0.3) is 11.5 Å². The van der Waals surface area contributed by atoms with Crippen molar-refractivity contribution in [3.8, 4) is 11.4 Å². The maximum Gasteiger partial charge on any atom is 0.282 e. The minimum Gasteiger partial charge on any atom is -0.492 e. The van der Waals surface area contributed by atoms with E-state index in [4.69, 9.17) is 16.3 Å². The molecule has 7 aliphatic rings. The van der Waals surface area contributed by atoms with Crippen molar-refractivity contribution in [3.05, 3.63) is 97.5 Å². The SMILES string of the molecule is CC1(C)c2ccc(C3CCN(CC4CCC(CN5CCC6(CC5)COc5c6ccc6c5CN([C@H]5CCC(=O)NC5=O)C6=O)CC4)CC3)cc2-n2c1nc(=O)c1c(Cl)cccc12. The van der Waals surface area contributed by atoms with Gasteiger partial charge in [-0.05, 0) is 151 Å². The normalized spacial score (nSPS) is 26.0. The van der Waals surface area contributed by atoms with Gasteiger partial charge in [-0.25, -0.2) is 0 Å². The molecule has 318 valence electrons. The first-order valence-corrected chi connectivity index (χ1v) is 23.1. The topological polar surface area (TPSA) is 117 Å². The standard InChI is InChI=1S/C49H55ClN6O5/c1-48(2)35-12-10-32(24-40(35)56-38-5-3-4-37(50)42(38)45(59)52-47(48)56)31-16-20-53(21-17-31)25-29-6-8-30(9-7-29)26-54-22-18-49(19-23-54)28-61-43-34-27-55(39-14-15-41(57)51-44(39)58)46(60)33(34)11-13-36(43)49/h3-5,10-13,24,29-31,39H,6-9,14-23,25-28H2,1-2H3,(H,51,57,58)/t29?,30?,39-/m0/s1. The molecule has 1 saturated carbocycles. The Kier molecular flexibility index (Phi) is 9.51. The fourth-order valence-corrected chi connectivity index (χ4v) is 12.6. The molecule has 0 bridgehead atoms. The Morgan fingerprint density at radius 2 is 1.54 bits per heavy atom. The van der Waals surface area contributed by atoms with E-state index < -0.39 is 6.04 Å². The van der Waals surface area contributed by atoms with Crippen molar-refractivity contribution in [3.63, 3.8) is 0 Å². The second-order valence-corrected chi connectivity index (χ2v) is 20.2. The molecule has 1 aromatic heterocycles. The summed E-state index contributed by atoms with van der Waals surface area (Å²) in [7, 11) is 0. The highest BCUT2D eigenvalue weighted by molar-refractivity contribution is 6.35. The van der Waals surface area contributed by atoms with Gasteiger partial charge >= 0.3 is 0 Å². The first-order chi connectivity index (χ1) is 29.5. The van der Waals surface area contributed by atoms with Crippen LogP contribution in [0.15, 0.2) is 53.3 Å². The summed E-state index contributed by atoms with van der Waals surface area (Å²) in [6.45, 7) is 12.1. The lowest BCUT2D eigenvalue weighted by molar-refractivity contribution is -0.136. The second-order valence-electron chi connectivity index (χ2n) is 19.8. The highest BCUT2D eigenvalue weighted by atomic mass is 35.5. The molecule has 0 unspecified atom stereocenters. The Labute approximate surface area is 361 Å². The highest BCUT2D eigenvalue weighted by Crippen LogP contribution is 2.50. The maximum atomic E-state index is 13.4. The molecule has 3 aromatic carbocycles. The van der Waals surface area contributed by atoms with Crippen LogP contribution in [0.3, 0.4) is 0 Å². The Balaban J connectivity index is 0.664. The fraction of sp³-hybridized carbons (Fsp3) is 0.531. The van der Waals surface area contributed by atoms with Crippen LogP contribution < -0.4 is 15.6 Å². The first kappa shape index (κ1) is 39.3. The number of benzene rings is 3. The third-order valence-electron chi connectivity index (χ3n) is 16.0. The highest BCUT2D eigenvalue weighted by Gasteiger charge is 2.48. The fourth-order valence-electron chi connectivity index (χ4n) is 12.4. The number of carbonyl (C=O) groups is 3. The van der Waals surface area contributed by atoms with Gasteiger partial charge in [0.2, 0.25) is 11.8 Å². The number of aromatic nitrogens is 2. The minimum atomic E-state index is -0.618. The largest absolute Gasteiger partial charge is 0.492 e. The summed E-state index contributed by atoms with van der Waals surface area (Å²) in [5.41, 5.74) is 6.64. The minimum absolute atomic E-state index is 0.0249. The Bertz CT molecular complexity index is 2540. The Morgan fingerprint density at radius 1 is 0.836 bits per heavy atom. The summed E-state index contributed by atoms with van der Waals surface area (Å²) in [5.74, 6) is 2.88. The number of carbonyl (C=O) groups excluding carboxylic acids is 3. The number of hydrogen-bond acceptors (Lipinski definition) is 8. The average Bonchev–Trinajstić information content (AvgIpc) is 3.86. The molecule has 4 fully saturated rings. The van der Waals surface area contributed by atoms with Crippen molar-refractivity contribution < 1.29 is 19.1 Å². The number of rotatable bonds is 6. The average molecular weight is 843 g/mol. The van der Waals surface area contributed by atoms with Gasteiger partial charge in [-0.15, -0.1) is 0 Å². The number of piperidine rings is 3. The first-order valence-electron chi connectivity index (χ1n) is 22.7. The van der Waals surface area contributed by atoms with Crippen molar-refractivity contribution in [2.75, 3.05) is 45.9 Å². The van der Waals surface area contributed by atoms with Crippen LogP contribution in [0.25, 0.3) is 16.6 Å². The maximum absolute atomic E-state index is 13.4. The molecule has 1 N–H and O–H groups in total. The molecule has 11 rings (SSSR count). The monoisotopic (exact) mass is 842 g/mol. The third-order valence-corrected chi connectivity index (χ3v) is 16.3. The molecule has 1 spiro atoms. The van der Waals surface area contributed by atoms with Gasteiger partial charge in [-0.1, -0.05) is 35.9 Å². The molecule has 61 heavy (non-hydrogen) atoms. The van der Waals surface area contributed by atoms with Crippen LogP contribution in [-0.2, 0) is 27.0 Å². The van der Waals surface area contributed by atoms with Crippen molar-refractivity contribution in [2.45, 2.75) is 107 Å². The van der Waals surface area contributed by atoms with E-state index in [9.17, 15) is 19.2 Å². The van der Waals surface area contributed by atoms with Gasteiger partial charge in [0.15, 0.2) is 0 Å². The number of halogens is 1. The smallest absolute Gasteiger partial charge is 0.282 e. The molecule has 1 atom stereocenters. The lowest BCUT2D eigenvalue weighted by atomic mass is 9.73. The second kappa shape index (κ2) is 14.8. The number of ether oxygens (including phenoxy) is 1. The molecule has 0 radical (unpaired) electrons. The van der Waals surface area contributed by atoms with Crippen molar-refractivity contribution >= 4 is 40.2 Å². The number of hydrogen-bond donors (Lipinski definition) is 1. The molecular formula is C49H55ClN6O5. The van der Waals surface area contributed by atoms with Crippen LogP contribution in [0.4, 0.5) is 0 Å². The third kappa shape index (κ3) is 6.46. The molecule has 3 saturated heterocycles. The number of nitrogens with one attached hydrogen (secondary N) is 1. The summed E-state index contributed by atoms with van der Waals surface area (Å²) < 4.78 is 8.61. The summed E-state index contributed by atoms with van der Waals surface area (Å²) in [5, 5.41) is 3.34. The predicted molar refractivity (Wildman–Crippen MR) is 234 cm³/mol. The van der Waals surface area contributed by atoms with E-state index >= 15 is 0 Å². The molecule has 6 aliphatic heterocycles. The molecular weight excluding hydrogens is 788 g/mol. The number of likely N-dealkylation sites (tertiary alicyclic amines) is 2. The number of nitrogens with zero attached hydrogens (tertiary/aromatic N) is 5. The summed E-state index contributed by atoms with van der Waals surface area (Å²) >= 11 is 6.53. The van der Waals surface area contributed by atoms with Crippen LogP contribution in [-0.4, -0.2) is 93.9 Å². The zero-order valence-corrected chi connectivity index (χ0v) is 36.1. The van der Waals surface area contributed by atoms with E-state index in [0.717, 1.165) is 92.0 Å². The van der Waals surface area contributed by atoms with Crippen LogP contribution in [0.5, 0.6) is 5.75 Å². The van der Waals surface area contributed by atoms with Gasteiger partial charge in [0.05, 0.1) is 40.2 Å². The van der Waals surface area contributed by atoms with E-state index in [2.05, 4.69) is 62.8 Å². The van der Waals surface area contributed by atoms with Gasteiger partial charge in [-0.3, -0.25) is 29.1 Å². The Hall–Kier alpha value is -4.58. The Morgan fingerprint density at radius 3 is 2.26 bits per heavy atom. The number of amides is 3. The molecule has 4 aromatic rings. The van der Waals surface area contributed by atoms with E-state index in [1.54, 1.807) is 11.0 Å². The lowest BCUT2D eigenvalue weighted by Gasteiger charge is -2.41. The predicted octanol–water partition coefficient (Wildman–Crippen LogP) is 6.85. The van der Waals surface area contributed by atoms with E-state index in [-0.39, 0.29) is 40.5 Å². The zero-order valence-electron chi connectivity index (χ0n) is 35.3. The zero-order chi connectivity index (χ0) is 41.8. The molecule has 12 heteroatoms. The van der Waals surface area contributed by atoms with Crippen molar-refractivity contribution in [1.29, 1.82) is 0 Å². The van der Waals surface area contributed by atoms with Crippen molar-refractivity contribution in [2.24, 2.45) is 11.8 Å².